The van der Waals surface area contributed by atoms with Crippen LogP contribution in [0.2, 0.25) is 0 Å². The maximum absolute atomic E-state index is 12.3. The van der Waals surface area contributed by atoms with Crippen LogP contribution in [-0.2, 0) is 16.0 Å². The third kappa shape index (κ3) is 2.82. The summed E-state index contributed by atoms with van der Waals surface area (Å²) in [6.07, 6.45) is 4.39. The molecule has 0 saturated heterocycles. The number of hydrogen-bond acceptors (Lipinski definition) is 3. The van der Waals surface area contributed by atoms with Gasteiger partial charge in [-0.2, -0.15) is 0 Å². The second kappa shape index (κ2) is 5.68. The van der Waals surface area contributed by atoms with Crippen LogP contribution < -0.4 is 5.32 Å². The molecule has 0 radical (unpaired) electrons. The Kier molecular flexibility index (Phi) is 3.73. The molecule has 1 N–H and O–H groups in total. The van der Waals surface area contributed by atoms with Crippen LogP contribution >= 0.6 is 0 Å². The fourth-order valence-electron chi connectivity index (χ4n) is 3.05. The van der Waals surface area contributed by atoms with Crippen LogP contribution in [-0.4, -0.2) is 35.2 Å². The van der Waals surface area contributed by atoms with E-state index in [1.54, 1.807) is 18.2 Å². The highest BCUT2D eigenvalue weighted by Gasteiger charge is 2.32. The van der Waals surface area contributed by atoms with Gasteiger partial charge in [-0.3, -0.25) is 19.3 Å². The van der Waals surface area contributed by atoms with Crippen molar-refractivity contribution in [3.05, 3.63) is 35.4 Å². The molecule has 0 atom stereocenters. The van der Waals surface area contributed by atoms with Gasteiger partial charge >= 0.3 is 0 Å². The highest BCUT2D eigenvalue weighted by molar-refractivity contribution is 6.11. The first-order chi connectivity index (χ1) is 10.1. The third-order valence-electron chi connectivity index (χ3n) is 4.16. The quantitative estimate of drug-likeness (QED) is 0.851. The van der Waals surface area contributed by atoms with Crippen LogP contribution in [0.4, 0.5) is 0 Å². The number of fused-ring (bicyclic) bond motifs is 1. The molecule has 110 valence electrons. The molecule has 1 fully saturated rings. The predicted molar refractivity (Wildman–Crippen MR) is 76.6 cm³/mol. The van der Waals surface area contributed by atoms with Crippen LogP contribution in [0.3, 0.4) is 0 Å². The summed E-state index contributed by atoms with van der Waals surface area (Å²) in [4.78, 5) is 37.5. The highest BCUT2D eigenvalue weighted by atomic mass is 16.2. The van der Waals surface area contributed by atoms with Gasteiger partial charge < -0.3 is 5.32 Å². The number of hydrogen-bond donors (Lipinski definition) is 1. The molecular formula is C16H18N2O3. The molecule has 21 heavy (non-hydrogen) atoms. The van der Waals surface area contributed by atoms with Crippen molar-refractivity contribution in [2.75, 3.05) is 6.54 Å². The Morgan fingerprint density at radius 1 is 1.19 bits per heavy atom. The Bertz CT molecular complexity index is 591. The van der Waals surface area contributed by atoms with Gasteiger partial charge in [0.05, 0.1) is 6.42 Å². The molecular weight excluding hydrogens is 268 g/mol. The van der Waals surface area contributed by atoms with Crippen molar-refractivity contribution in [3.63, 3.8) is 0 Å². The molecule has 2 aliphatic rings. The number of nitrogens with one attached hydrogen (secondary N) is 1. The molecule has 5 nitrogen and oxygen atoms in total. The summed E-state index contributed by atoms with van der Waals surface area (Å²) in [6.45, 7) is -0.178. The summed E-state index contributed by atoms with van der Waals surface area (Å²) in [5.74, 6) is -0.924. The SMILES string of the molecule is O=C(CN1C(=O)Cc2ccccc2C1=O)NC1CCCC1. The van der Waals surface area contributed by atoms with E-state index in [-0.39, 0.29) is 36.7 Å². The first kappa shape index (κ1) is 13.8. The van der Waals surface area contributed by atoms with Crippen molar-refractivity contribution in [3.8, 4) is 0 Å². The van der Waals surface area contributed by atoms with Gasteiger partial charge in [0.25, 0.3) is 5.91 Å². The van der Waals surface area contributed by atoms with Crippen LogP contribution in [0, 0.1) is 0 Å². The molecule has 3 rings (SSSR count). The van der Waals surface area contributed by atoms with E-state index in [1.807, 2.05) is 6.07 Å². The molecule has 1 saturated carbocycles. The predicted octanol–water partition coefficient (Wildman–Crippen LogP) is 1.27. The lowest BCUT2D eigenvalue weighted by Crippen LogP contribution is -2.48. The Hall–Kier alpha value is -2.17. The molecule has 1 heterocycles. The second-order valence-corrected chi connectivity index (χ2v) is 5.67. The van der Waals surface area contributed by atoms with E-state index in [0.29, 0.717) is 5.56 Å². The van der Waals surface area contributed by atoms with Gasteiger partial charge in [-0.05, 0) is 24.5 Å². The van der Waals surface area contributed by atoms with Gasteiger partial charge in [0.1, 0.15) is 6.54 Å². The van der Waals surface area contributed by atoms with Crippen molar-refractivity contribution in [1.29, 1.82) is 0 Å². The van der Waals surface area contributed by atoms with Crippen molar-refractivity contribution < 1.29 is 14.4 Å². The maximum atomic E-state index is 12.3. The van der Waals surface area contributed by atoms with Gasteiger partial charge in [0.15, 0.2) is 0 Å². The smallest absolute Gasteiger partial charge is 0.261 e. The van der Waals surface area contributed by atoms with Crippen molar-refractivity contribution >= 4 is 17.7 Å². The summed E-state index contributed by atoms with van der Waals surface area (Å²) in [6, 6.07) is 7.25. The Morgan fingerprint density at radius 2 is 1.90 bits per heavy atom. The van der Waals surface area contributed by atoms with Crippen LogP contribution in [0.25, 0.3) is 0 Å². The van der Waals surface area contributed by atoms with Gasteiger partial charge in [-0.1, -0.05) is 31.0 Å². The minimum absolute atomic E-state index is 0.178. The molecule has 1 aliphatic heterocycles. The summed E-state index contributed by atoms with van der Waals surface area (Å²) < 4.78 is 0. The van der Waals surface area contributed by atoms with Crippen LogP contribution in [0.5, 0.6) is 0 Å². The number of carbonyl (C=O) groups is 3. The topological polar surface area (TPSA) is 66.5 Å². The molecule has 1 aromatic rings. The van der Waals surface area contributed by atoms with E-state index in [4.69, 9.17) is 0 Å². The summed E-state index contributed by atoms with van der Waals surface area (Å²) >= 11 is 0. The lowest BCUT2D eigenvalue weighted by atomic mass is 9.98. The van der Waals surface area contributed by atoms with Gasteiger partial charge in [0, 0.05) is 11.6 Å². The molecule has 0 spiro atoms. The van der Waals surface area contributed by atoms with E-state index in [2.05, 4.69) is 5.32 Å². The van der Waals surface area contributed by atoms with Crippen molar-refractivity contribution in [2.45, 2.75) is 38.1 Å². The summed E-state index contributed by atoms with van der Waals surface area (Å²) in [7, 11) is 0. The zero-order valence-electron chi connectivity index (χ0n) is 11.8. The number of rotatable bonds is 3. The fourth-order valence-corrected chi connectivity index (χ4v) is 3.05. The summed E-state index contributed by atoms with van der Waals surface area (Å²) in [5, 5.41) is 2.91. The maximum Gasteiger partial charge on any atom is 0.261 e. The lowest BCUT2D eigenvalue weighted by molar-refractivity contribution is -0.133. The van der Waals surface area contributed by atoms with E-state index in [1.165, 1.54) is 0 Å². The lowest BCUT2D eigenvalue weighted by Gasteiger charge is -2.26. The van der Waals surface area contributed by atoms with Crippen molar-refractivity contribution in [1.82, 2.24) is 10.2 Å². The minimum atomic E-state index is -0.372. The molecule has 0 unspecified atom stereocenters. The number of carbonyl (C=O) groups excluding carboxylic acids is 3. The van der Waals surface area contributed by atoms with Gasteiger partial charge in [-0.25, -0.2) is 0 Å². The molecule has 0 aromatic heterocycles. The number of benzene rings is 1. The molecule has 5 heteroatoms. The summed E-state index contributed by atoms with van der Waals surface area (Å²) in [5.41, 5.74) is 1.26. The molecule has 0 bridgehead atoms. The van der Waals surface area contributed by atoms with E-state index < -0.39 is 0 Å². The van der Waals surface area contributed by atoms with Crippen LogP contribution in [0.15, 0.2) is 24.3 Å². The third-order valence-corrected chi connectivity index (χ3v) is 4.16. The highest BCUT2D eigenvalue weighted by Crippen LogP contribution is 2.20. The van der Waals surface area contributed by atoms with E-state index in [0.717, 1.165) is 36.1 Å². The second-order valence-electron chi connectivity index (χ2n) is 5.67. The fraction of sp³-hybridized carbons (Fsp3) is 0.438. The average Bonchev–Trinajstić information content (AvgIpc) is 2.96. The number of nitrogens with zero attached hydrogens (tertiary/aromatic N) is 1. The molecule has 1 aromatic carbocycles. The average molecular weight is 286 g/mol. The van der Waals surface area contributed by atoms with E-state index in [9.17, 15) is 14.4 Å². The Labute approximate surface area is 123 Å². The molecule has 1 aliphatic carbocycles. The normalized spacial score (nSPS) is 18.8. The van der Waals surface area contributed by atoms with Gasteiger partial charge in [-0.15, -0.1) is 0 Å². The Morgan fingerprint density at radius 3 is 2.67 bits per heavy atom. The first-order valence-corrected chi connectivity index (χ1v) is 7.37. The zero-order chi connectivity index (χ0) is 14.8. The standard InChI is InChI=1S/C16H18N2O3/c19-14(17-12-6-2-3-7-12)10-18-15(20)9-11-5-1-4-8-13(11)16(18)21/h1,4-5,8,12H,2-3,6-7,9-10H2,(H,17,19). The molecule has 3 amide bonds. The minimum Gasteiger partial charge on any atom is -0.352 e. The first-order valence-electron chi connectivity index (χ1n) is 7.37. The number of imide groups is 1. The van der Waals surface area contributed by atoms with Gasteiger partial charge in [0.2, 0.25) is 11.8 Å². The Balaban J connectivity index is 1.69. The van der Waals surface area contributed by atoms with Crippen molar-refractivity contribution in [2.24, 2.45) is 0 Å². The number of amides is 3. The zero-order valence-corrected chi connectivity index (χ0v) is 11.8. The monoisotopic (exact) mass is 286 g/mol. The van der Waals surface area contributed by atoms with Crippen LogP contribution in [0.1, 0.15) is 41.6 Å². The largest absolute Gasteiger partial charge is 0.352 e. The van der Waals surface area contributed by atoms with E-state index >= 15 is 0 Å².